The van der Waals surface area contributed by atoms with Gasteiger partial charge in [0.2, 0.25) is 15.9 Å². The van der Waals surface area contributed by atoms with Crippen molar-refractivity contribution in [3.8, 4) is 0 Å². The molecule has 4 rings (SSSR count). The van der Waals surface area contributed by atoms with Crippen LogP contribution in [-0.4, -0.2) is 57.5 Å². The molecular weight excluding hydrogens is 414 g/mol. The molecule has 0 unspecified atom stereocenters. The molecule has 1 atom stereocenters. The lowest BCUT2D eigenvalue weighted by Gasteiger charge is -2.33. The molecule has 0 bridgehead atoms. The number of nitrogens with zero attached hydrogens (tertiary/aromatic N) is 2. The number of carbonyl (C=O) groups excluding carboxylic acids is 1. The number of rotatable bonds is 5. The Labute approximate surface area is 184 Å². The topological polar surface area (TPSA) is 79.0 Å². The Morgan fingerprint density at radius 2 is 1.65 bits per heavy atom. The summed E-state index contributed by atoms with van der Waals surface area (Å²) in [5.74, 6) is -0.283. The third kappa shape index (κ3) is 4.92. The monoisotopic (exact) mass is 443 g/mol. The van der Waals surface area contributed by atoms with Crippen molar-refractivity contribution in [3.05, 3.63) is 54.1 Å². The summed E-state index contributed by atoms with van der Waals surface area (Å²) < 4.78 is 33.2. The molecule has 2 aromatic carbocycles. The Hall–Kier alpha value is -2.42. The van der Waals surface area contributed by atoms with Gasteiger partial charge in [-0.25, -0.2) is 8.42 Å². The molecule has 1 N–H and O–H groups in total. The number of hydrogen-bond acceptors (Lipinski definition) is 5. The summed E-state index contributed by atoms with van der Waals surface area (Å²) in [5.41, 5.74) is 2.75. The fourth-order valence-corrected chi connectivity index (χ4v) is 5.76. The van der Waals surface area contributed by atoms with E-state index in [0.29, 0.717) is 31.9 Å². The molecule has 8 heteroatoms. The van der Waals surface area contributed by atoms with Crippen molar-refractivity contribution in [3.63, 3.8) is 0 Å². The molecule has 0 radical (unpaired) electrons. The fourth-order valence-electron chi connectivity index (χ4n) is 4.10. The second-order valence-electron chi connectivity index (χ2n) is 8.08. The molecule has 2 aliphatic heterocycles. The molecule has 0 aromatic heterocycles. The summed E-state index contributed by atoms with van der Waals surface area (Å²) in [6.45, 7) is 5.39. The molecule has 0 spiro atoms. The average molecular weight is 444 g/mol. The maximum Gasteiger partial charge on any atom is 0.243 e. The Morgan fingerprint density at radius 1 is 0.968 bits per heavy atom. The Balaban J connectivity index is 1.47. The minimum Gasteiger partial charge on any atom is -0.378 e. The largest absolute Gasteiger partial charge is 0.378 e. The van der Waals surface area contributed by atoms with Gasteiger partial charge in [-0.15, -0.1) is 0 Å². The van der Waals surface area contributed by atoms with Crippen molar-refractivity contribution in [1.29, 1.82) is 0 Å². The molecule has 2 aromatic rings. The minimum atomic E-state index is -3.73. The van der Waals surface area contributed by atoms with E-state index in [1.807, 2.05) is 31.2 Å². The summed E-state index contributed by atoms with van der Waals surface area (Å²) in [6.07, 6.45) is 2.10. The van der Waals surface area contributed by atoms with Gasteiger partial charge in [0.15, 0.2) is 0 Å². The van der Waals surface area contributed by atoms with E-state index < -0.39 is 16.1 Å². The first-order chi connectivity index (χ1) is 14.9. The van der Waals surface area contributed by atoms with E-state index in [4.69, 9.17) is 4.74 Å². The zero-order chi connectivity index (χ0) is 21.8. The predicted molar refractivity (Wildman–Crippen MR) is 121 cm³/mol. The van der Waals surface area contributed by atoms with Gasteiger partial charge < -0.3 is 15.0 Å². The number of anilines is 2. The summed E-state index contributed by atoms with van der Waals surface area (Å²) >= 11 is 0. The van der Waals surface area contributed by atoms with Crippen LogP contribution < -0.4 is 10.2 Å². The summed E-state index contributed by atoms with van der Waals surface area (Å²) in [4.78, 5) is 15.5. The molecule has 2 fully saturated rings. The van der Waals surface area contributed by atoms with Gasteiger partial charge >= 0.3 is 0 Å². The van der Waals surface area contributed by atoms with Gasteiger partial charge in [-0.05, 0) is 56.2 Å². The van der Waals surface area contributed by atoms with Crippen LogP contribution in [0.15, 0.2) is 53.4 Å². The van der Waals surface area contributed by atoms with E-state index in [9.17, 15) is 13.2 Å². The number of morpholine rings is 1. The Bertz CT molecular complexity index is 1000. The van der Waals surface area contributed by atoms with E-state index in [2.05, 4.69) is 10.2 Å². The molecule has 2 heterocycles. The molecule has 166 valence electrons. The van der Waals surface area contributed by atoms with Gasteiger partial charge in [0.1, 0.15) is 6.04 Å². The zero-order valence-electron chi connectivity index (χ0n) is 17.8. The van der Waals surface area contributed by atoms with Crippen LogP contribution in [0.4, 0.5) is 11.4 Å². The highest BCUT2D eigenvalue weighted by molar-refractivity contribution is 7.89. The first-order valence-electron chi connectivity index (χ1n) is 10.8. The molecule has 1 amide bonds. The van der Waals surface area contributed by atoms with E-state index in [-0.39, 0.29) is 10.8 Å². The van der Waals surface area contributed by atoms with Crippen LogP contribution in [-0.2, 0) is 19.6 Å². The molecule has 31 heavy (non-hydrogen) atoms. The molecule has 2 aliphatic rings. The lowest BCUT2D eigenvalue weighted by molar-refractivity contribution is -0.120. The minimum absolute atomic E-state index is 0.229. The predicted octanol–water partition coefficient (Wildman–Crippen LogP) is 3.01. The second kappa shape index (κ2) is 9.38. The summed E-state index contributed by atoms with van der Waals surface area (Å²) in [6, 6.07) is 13.7. The smallest absolute Gasteiger partial charge is 0.243 e. The van der Waals surface area contributed by atoms with Crippen LogP contribution >= 0.6 is 0 Å². The highest BCUT2D eigenvalue weighted by Gasteiger charge is 2.37. The van der Waals surface area contributed by atoms with Gasteiger partial charge in [-0.2, -0.15) is 4.31 Å². The number of piperidine rings is 1. The Morgan fingerprint density at radius 3 is 2.32 bits per heavy atom. The van der Waals surface area contributed by atoms with Gasteiger partial charge in [-0.1, -0.05) is 24.1 Å². The number of ether oxygens (including phenoxy) is 1. The van der Waals surface area contributed by atoms with Crippen molar-refractivity contribution in [1.82, 2.24) is 4.31 Å². The van der Waals surface area contributed by atoms with E-state index in [1.54, 1.807) is 24.3 Å². The van der Waals surface area contributed by atoms with Crippen LogP contribution in [0.2, 0.25) is 0 Å². The molecule has 7 nitrogen and oxygen atoms in total. The maximum absolute atomic E-state index is 13.2. The molecule has 0 aliphatic carbocycles. The van der Waals surface area contributed by atoms with Crippen molar-refractivity contribution < 1.29 is 17.9 Å². The van der Waals surface area contributed by atoms with Gasteiger partial charge in [-0.3, -0.25) is 4.79 Å². The van der Waals surface area contributed by atoms with Crippen LogP contribution in [0.25, 0.3) is 0 Å². The number of benzene rings is 2. The lowest BCUT2D eigenvalue weighted by atomic mass is 10.0. The molecule has 0 saturated carbocycles. The van der Waals surface area contributed by atoms with Crippen molar-refractivity contribution >= 4 is 27.3 Å². The quantitative estimate of drug-likeness (QED) is 0.769. The molecular formula is C23H29N3O4S. The number of hydrogen-bond donors (Lipinski definition) is 1. The summed E-state index contributed by atoms with van der Waals surface area (Å²) in [5, 5.41) is 2.92. The van der Waals surface area contributed by atoms with Gasteiger partial charge in [0.05, 0.1) is 18.1 Å². The summed E-state index contributed by atoms with van der Waals surface area (Å²) in [7, 11) is -3.73. The third-order valence-corrected chi connectivity index (χ3v) is 7.82. The van der Waals surface area contributed by atoms with E-state index in [0.717, 1.165) is 37.2 Å². The van der Waals surface area contributed by atoms with Gasteiger partial charge in [0.25, 0.3) is 0 Å². The maximum atomic E-state index is 13.2. The first kappa shape index (κ1) is 21.8. The van der Waals surface area contributed by atoms with Crippen molar-refractivity contribution in [2.75, 3.05) is 43.1 Å². The van der Waals surface area contributed by atoms with E-state index in [1.165, 1.54) is 4.31 Å². The Kier molecular flexibility index (Phi) is 6.60. The standard InChI is InChI=1S/C23H29N3O4S/c1-18-5-11-21(12-6-18)31(28,29)26-13-3-2-4-22(26)23(27)24-19-7-9-20(10-8-19)25-14-16-30-17-15-25/h5-12,22H,2-4,13-17H2,1H3,(H,24,27)/t22-/m0/s1. The average Bonchev–Trinajstić information content (AvgIpc) is 2.80. The number of amides is 1. The second-order valence-corrected chi connectivity index (χ2v) is 9.97. The highest BCUT2D eigenvalue weighted by Crippen LogP contribution is 2.27. The number of nitrogens with one attached hydrogen (secondary N) is 1. The SMILES string of the molecule is Cc1ccc(S(=O)(=O)N2CCCC[C@H]2C(=O)Nc2ccc(N3CCOCC3)cc2)cc1. The zero-order valence-corrected chi connectivity index (χ0v) is 18.6. The number of carbonyl (C=O) groups is 1. The van der Waals surface area contributed by atoms with Crippen LogP contribution in [0.3, 0.4) is 0 Å². The normalized spacial score (nSPS) is 20.4. The highest BCUT2D eigenvalue weighted by atomic mass is 32.2. The van der Waals surface area contributed by atoms with Crippen LogP contribution in [0.1, 0.15) is 24.8 Å². The van der Waals surface area contributed by atoms with Crippen LogP contribution in [0, 0.1) is 6.92 Å². The van der Waals surface area contributed by atoms with Crippen LogP contribution in [0.5, 0.6) is 0 Å². The molecule has 2 saturated heterocycles. The lowest BCUT2D eigenvalue weighted by Crippen LogP contribution is -2.49. The van der Waals surface area contributed by atoms with E-state index >= 15 is 0 Å². The van der Waals surface area contributed by atoms with Crippen molar-refractivity contribution in [2.45, 2.75) is 37.1 Å². The number of sulfonamides is 1. The fraction of sp³-hybridized carbons (Fsp3) is 0.435. The van der Waals surface area contributed by atoms with Crippen molar-refractivity contribution in [2.24, 2.45) is 0 Å². The first-order valence-corrected chi connectivity index (χ1v) is 12.2. The number of aryl methyl sites for hydroxylation is 1. The van der Waals surface area contributed by atoms with Gasteiger partial charge in [0, 0.05) is 31.0 Å². The third-order valence-electron chi connectivity index (χ3n) is 5.89.